The van der Waals surface area contributed by atoms with Gasteiger partial charge in [0, 0.05) is 23.9 Å². The molecular formula is C24H25NO2. The van der Waals surface area contributed by atoms with Gasteiger partial charge in [-0.25, -0.2) is 4.79 Å². The molecule has 1 aromatic heterocycles. The maximum absolute atomic E-state index is 12.0. The van der Waals surface area contributed by atoms with Crippen molar-refractivity contribution in [3.8, 4) is 11.1 Å². The lowest BCUT2D eigenvalue weighted by Gasteiger charge is -2.26. The van der Waals surface area contributed by atoms with Gasteiger partial charge in [-0.3, -0.25) is 4.98 Å². The van der Waals surface area contributed by atoms with E-state index in [0.29, 0.717) is 12.0 Å². The fraction of sp³-hybridized carbons (Fsp3) is 0.250. The summed E-state index contributed by atoms with van der Waals surface area (Å²) >= 11 is 0. The van der Waals surface area contributed by atoms with Crippen LogP contribution in [0.3, 0.4) is 0 Å². The topological polar surface area (TPSA) is 50.2 Å². The predicted octanol–water partition coefficient (Wildman–Crippen LogP) is 5.64. The Labute approximate surface area is 160 Å². The standard InChI is InChI=1S/C24H25NO2/c1-16-9-8-14-25-21(16)15-19-20(24(2,3)4)13-12-18(23(26)27)22(19)17-10-6-5-7-11-17/h5-14H,15H2,1-4H3,(H,26,27). The summed E-state index contributed by atoms with van der Waals surface area (Å²) in [4.78, 5) is 16.6. The van der Waals surface area contributed by atoms with Crippen LogP contribution in [0.15, 0.2) is 60.8 Å². The maximum atomic E-state index is 12.0. The van der Waals surface area contributed by atoms with Crippen LogP contribution in [0.4, 0.5) is 0 Å². The number of carboxylic acids is 1. The number of carbonyl (C=O) groups is 1. The fourth-order valence-electron chi connectivity index (χ4n) is 3.52. The largest absolute Gasteiger partial charge is 0.478 e. The van der Waals surface area contributed by atoms with Gasteiger partial charge in [0.25, 0.3) is 0 Å². The van der Waals surface area contributed by atoms with E-state index in [1.54, 1.807) is 12.3 Å². The molecule has 3 nitrogen and oxygen atoms in total. The van der Waals surface area contributed by atoms with E-state index in [2.05, 4.69) is 25.8 Å². The zero-order valence-corrected chi connectivity index (χ0v) is 16.3. The molecule has 1 N–H and O–H groups in total. The molecule has 0 fully saturated rings. The van der Waals surface area contributed by atoms with E-state index < -0.39 is 5.97 Å². The van der Waals surface area contributed by atoms with Crippen molar-refractivity contribution in [3.63, 3.8) is 0 Å². The molecule has 138 valence electrons. The van der Waals surface area contributed by atoms with Crippen LogP contribution in [0.5, 0.6) is 0 Å². The Hall–Kier alpha value is -2.94. The Morgan fingerprint density at radius 3 is 2.30 bits per heavy atom. The molecule has 0 aliphatic rings. The van der Waals surface area contributed by atoms with E-state index in [0.717, 1.165) is 33.5 Å². The highest BCUT2D eigenvalue weighted by atomic mass is 16.4. The van der Waals surface area contributed by atoms with Gasteiger partial charge in [-0.2, -0.15) is 0 Å². The van der Waals surface area contributed by atoms with Crippen molar-refractivity contribution in [1.29, 1.82) is 0 Å². The van der Waals surface area contributed by atoms with Crippen molar-refractivity contribution in [1.82, 2.24) is 4.98 Å². The molecule has 3 aromatic rings. The average molecular weight is 359 g/mol. The van der Waals surface area contributed by atoms with E-state index in [1.807, 2.05) is 55.5 Å². The Morgan fingerprint density at radius 1 is 1.00 bits per heavy atom. The van der Waals surface area contributed by atoms with Crippen molar-refractivity contribution < 1.29 is 9.90 Å². The second kappa shape index (κ2) is 7.36. The van der Waals surface area contributed by atoms with Gasteiger partial charge in [0.1, 0.15) is 0 Å². The van der Waals surface area contributed by atoms with Gasteiger partial charge in [-0.15, -0.1) is 0 Å². The number of hydrogen-bond donors (Lipinski definition) is 1. The number of hydrogen-bond acceptors (Lipinski definition) is 2. The van der Waals surface area contributed by atoms with Gasteiger partial charge in [0.05, 0.1) is 5.56 Å². The number of nitrogens with zero attached hydrogens (tertiary/aromatic N) is 1. The zero-order chi connectivity index (χ0) is 19.6. The molecule has 3 rings (SSSR count). The van der Waals surface area contributed by atoms with Gasteiger partial charge in [-0.1, -0.05) is 63.2 Å². The summed E-state index contributed by atoms with van der Waals surface area (Å²) in [7, 11) is 0. The van der Waals surface area contributed by atoms with Crippen molar-refractivity contribution in [2.75, 3.05) is 0 Å². The molecule has 0 aliphatic carbocycles. The highest BCUT2D eigenvalue weighted by Crippen LogP contribution is 2.37. The van der Waals surface area contributed by atoms with Crippen molar-refractivity contribution in [2.45, 2.75) is 39.5 Å². The first-order chi connectivity index (χ1) is 12.8. The maximum Gasteiger partial charge on any atom is 0.336 e. The first-order valence-corrected chi connectivity index (χ1v) is 9.14. The molecule has 0 amide bonds. The molecule has 1 heterocycles. The predicted molar refractivity (Wildman–Crippen MR) is 109 cm³/mol. The van der Waals surface area contributed by atoms with Gasteiger partial charge >= 0.3 is 5.97 Å². The first-order valence-electron chi connectivity index (χ1n) is 9.14. The molecule has 0 atom stereocenters. The number of pyridine rings is 1. The monoisotopic (exact) mass is 359 g/mol. The minimum Gasteiger partial charge on any atom is -0.478 e. The van der Waals surface area contributed by atoms with Crippen LogP contribution >= 0.6 is 0 Å². The number of aromatic nitrogens is 1. The summed E-state index contributed by atoms with van der Waals surface area (Å²) < 4.78 is 0. The number of aryl methyl sites for hydroxylation is 1. The Kier molecular flexibility index (Phi) is 5.13. The highest BCUT2D eigenvalue weighted by molar-refractivity contribution is 5.97. The molecule has 0 bridgehead atoms. The Morgan fingerprint density at radius 2 is 1.70 bits per heavy atom. The van der Waals surface area contributed by atoms with E-state index in [-0.39, 0.29) is 5.41 Å². The normalized spacial score (nSPS) is 11.4. The van der Waals surface area contributed by atoms with Crippen LogP contribution in [-0.2, 0) is 11.8 Å². The molecule has 0 unspecified atom stereocenters. The number of carboxylic acid groups (broad SMARTS) is 1. The van der Waals surface area contributed by atoms with Crippen LogP contribution in [0.1, 0.15) is 53.5 Å². The van der Waals surface area contributed by atoms with Crippen LogP contribution in [0.25, 0.3) is 11.1 Å². The second-order valence-electron chi connectivity index (χ2n) is 7.88. The van der Waals surface area contributed by atoms with E-state index >= 15 is 0 Å². The third-order valence-corrected chi connectivity index (χ3v) is 4.88. The van der Waals surface area contributed by atoms with Crippen LogP contribution in [0.2, 0.25) is 0 Å². The summed E-state index contributed by atoms with van der Waals surface area (Å²) in [6.07, 6.45) is 2.40. The summed E-state index contributed by atoms with van der Waals surface area (Å²) in [5, 5.41) is 9.85. The average Bonchev–Trinajstić information content (AvgIpc) is 2.63. The van der Waals surface area contributed by atoms with E-state index in [4.69, 9.17) is 0 Å². The number of benzene rings is 2. The smallest absolute Gasteiger partial charge is 0.336 e. The third-order valence-electron chi connectivity index (χ3n) is 4.88. The van der Waals surface area contributed by atoms with E-state index in [9.17, 15) is 9.90 Å². The summed E-state index contributed by atoms with van der Waals surface area (Å²) in [5.41, 5.74) is 6.20. The lowest BCUT2D eigenvalue weighted by Crippen LogP contribution is -2.17. The first kappa shape index (κ1) is 18.8. The van der Waals surface area contributed by atoms with Crippen molar-refractivity contribution in [3.05, 3.63) is 88.7 Å². The Bertz CT molecular complexity index is 969. The molecule has 3 heteroatoms. The van der Waals surface area contributed by atoms with E-state index in [1.165, 1.54) is 0 Å². The highest BCUT2D eigenvalue weighted by Gasteiger charge is 2.25. The fourth-order valence-corrected chi connectivity index (χ4v) is 3.52. The van der Waals surface area contributed by atoms with Crippen molar-refractivity contribution >= 4 is 5.97 Å². The summed E-state index contributed by atoms with van der Waals surface area (Å²) in [6.45, 7) is 8.52. The quantitative estimate of drug-likeness (QED) is 0.655. The van der Waals surface area contributed by atoms with Gasteiger partial charge in [0.2, 0.25) is 0 Å². The second-order valence-corrected chi connectivity index (χ2v) is 7.88. The van der Waals surface area contributed by atoms with Gasteiger partial charge < -0.3 is 5.11 Å². The molecule has 0 aliphatic heterocycles. The molecule has 0 spiro atoms. The molecule has 27 heavy (non-hydrogen) atoms. The van der Waals surface area contributed by atoms with Gasteiger partial charge in [0.15, 0.2) is 0 Å². The number of rotatable bonds is 4. The minimum atomic E-state index is -0.909. The third kappa shape index (κ3) is 3.92. The van der Waals surface area contributed by atoms with Crippen molar-refractivity contribution in [2.24, 2.45) is 0 Å². The lowest BCUT2D eigenvalue weighted by molar-refractivity contribution is 0.0697. The van der Waals surface area contributed by atoms with Gasteiger partial charge in [-0.05, 0) is 46.7 Å². The molecule has 0 saturated carbocycles. The number of aromatic carboxylic acids is 1. The lowest BCUT2D eigenvalue weighted by atomic mass is 9.78. The van der Waals surface area contributed by atoms with Crippen LogP contribution in [-0.4, -0.2) is 16.1 Å². The summed E-state index contributed by atoms with van der Waals surface area (Å²) in [5.74, 6) is -0.909. The SMILES string of the molecule is Cc1cccnc1Cc1c(C(C)(C)C)ccc(C(=O)O)c1-c1ccccc1. The molecular weight excluding hydrogens is 334 g/mol. The van der Waals surface area contributed by atoms with Crippen LogP contribution < -0.4 is 0 Å². The summed E-state index contributed by atoms with van der Waals surface area (Å²) in [6, 6.07) is 17.5. The van der Waals surface area contributed by atoms with Crippen LogP contribution in [0, 0.1) is 6.92 Å². The zero-order valence-electron chi connectivity index (χ0n) is 16.3. The molecule has 0 saturated heterocycles. The molecule has 2 aromatic carbocycles. The Balaban J connectivity index is 2.34. The minimum absolute atomic E-state index is 0.113. The molecule has 0 radical (unpaired) electrons.